The monoisotopic (exact) mass is 354 g/mol. The molecule has 0 atom stereocenters. The maximum atomic E-state index is 6.14. The Labute approximate surface area is 152 Å². The highest BCUT2D eigenvalue weighted by Gasteiger charge is 2.12. The van der Waals surface area contributed by atoms with Crippen LogP contribution in [0.25, 0.3) is 11.4 Å². The van der Waals surface area contributed by atoms with Gasteiger partial charge in [-0.3, -0.25) is 0 Å². The molecule has 0 aliphatic rings. The standard InChI is InChI=1S/C19H22N4OS/c1-13-7-9-16(10-8-13)18-21-22-19(23(18)20)25-12-11-24-17-14(2)5-4-6-15(17)3/h4-10H,11-12,20H2,1-3H3. The highest BCUT2D eigenvalue weighted by atomic mass is 32.2. The molecule has 25 heavy (non-hydrogen) atoms. The zero-order chi connectivity index (χ0) is 17.8. The predicted molar refractivity (Wildman–Crippen MR) is 102 cm³/mol. The number of hydrogen-bond donors (Lipinski definition) is 1. The minimum atomic E-state index is 0.586. The molecule has 0 unspecified atom stereocenters. The Balaban J connectivity index is 1.60. The molecule has 2 N–H and O–H groups in total. The van der Waals surface area contributed by atoms with E-state index in [-0.39, 0.29) is 0 Å². The van der Waals surface area contributed by atoms with Crippen molar-refractivity contribution in [2.45, 2.75) is 25.9 Å². The first kappa shape index (κ1) is 17.4. The van der Waals surface area contributed by atoms with Crippen LogP contribution in [0.2, 0.25) is 0 Å². The number of rotatable bonds is 6. The van der Waals surface area contributed by atoms with E-state index >= 15 is 0 Å². The van der Waals surface area contributed by atoms with E-state index in [1.807, 2.05) is 37.3 Å². The Kier molecular flexibility index (Phi) is 5.28. The minimum absolute atomic E-state index is 0.586. The van der Waals surface area contributed by atoms with Gasteiger partial charge in [0.1, 0.15) is 5.75 Å². The van der Waals surface area contributed by atoms with Crippen LogP contribution in [0.3, 0.4) is 0 Å². The van der Waals surface area contributed by atoms with Gasteiger partial charge in [-0.2, -0.15) is 0 Å². The van der Waals surface area contributed by atoms with Crippen molar-refractivity contribution in [1.82, 2.24) is 14.9 Å². The molecule has 0 aliphatic heterocycles. The molecule has 3 rings (SSSR count). The van der Waals surface area contributed by atoms with Gasteiger partial charge < -0.3 is 10.6 Å². The molecule has 130 valence electrons. The minimum Gasteiger partial charge on any atom is -0.492 e. The number of nitrogens with zero attached hydrogens (tertiary/aromatic N) is 3. The van der Waals surface area contributed by atoms with Gasteiger partial charge in [-0.05, 0) is 31.9 Å². The lowest BCUT2D eigenvalue weighted by molar-refractivity contribution is 0.339. The molecule has 0 spiro atoms. The van der Waals surface area contributed by atoms with Crippen LogP contribution in [0.15, 0.2) is 47.6 Å². The number of para-hydroxylation sites is 1. The lowest BCUT2D eigenvalue weighted by atomic mass is 10.1. The first-order valence-corrected chi connectivity index (χ1v) is 9.14. The number of nitrogens with two attached hydrogens (primary N) is 1. The van der Waals surface area contributed by atoms with Crippen LogP contribution < -0.4 is 10.6 Å². The molecule has 6 heteroatoms. The summed E-state index contributed by atoms with van der Waals surface area (Å²) in [6.45, 7) is 6.75. The van der Waals surface area contributed by atoms with Crippen molar-refractivity contribution in [3.8, 4) is 17.1 Å². The number of aromatic nitrogens is 3. The Morgan fingerprint density at radius 1 is 1.00 bits per heavy atom. The number of hydrogen-bond acceptors (Lipinski definition) is 5. The van der Waals surface area contributed by atoms with Crippen molar-refractivity contribution >= 4 is 11.8 Å². The molecule has 0 bridgehead atoms. The molecule has 0 radical (unpaired) electrons. The van der Waals surface area contributed by atoms with Gasteiger partial charge in [0.05, 0.1) is 6.61 Å². The first-order valence-electron chi connectivity index (χ1n) is 8.15. The third-order valence-electron chi connectivity index (χ3n) is 3.94. The maximum absolute atomic E-state index is 6.14. The van der Waals surface area contributed by atoms with E-state index < -0.39 is 0 Å². The van der Waals surface area contributed by atoms with Crippen LogP contribution >= 0.6 is 11.8 Å². The second-order valence-electron chi connectivity index (χ2n) is 5.96. The molecule has 0 saturated carbocycles. The van der Waals surface area contributed by atoms with Crippen LogP contribution in [0.1, 0.15) is 16.7 Å². The molecule has 1 heterocycles. The van der Waals surface area contributed by atoms with Gasteiger partial charge in [-0.1, -0.05) is 59.8 Å². The SMILES string of the molecule is Cc1ccc(-c2nnc(SCCOc3c(C)cccc3C)n2N)cc1. The fourth-order valence-electron chi connectivity index (χ4n) is 2.58. The van der Waals surface area contributed by atoms with E-state index in [1.165, 1.54) is 22.0 Å². The molecular formula is C19H22N4OS. The molecule has 0 amide bonds. The molecule has 0 aliphatic carbocycles. The molecule has 0 saturated heterocycles. The van der Waals surface area contributed by atoms with E-state index in [2.05, 4.69) is 36.2 Å². The average molecular weight is 354 g/mol. The van der Waals surface area contributed by atoms with Crippen LogP contribution in [0.5, 0.6) is 5.75 Å². The third kappa shape index (κ3) is 3.96. The van der Waals surface area contributed by atoms with Crippen molar-refractivity contribution in [2.75, 3.05) is 18.2 Å². The predicted octanol–water partition coefficient (Wildman–Crippen LogP) is 3.76. The van der Waals surface area contributed by atoms with E-state index in [0.29, 0.717) is 17.6 Å². The maximum Gasteiger partial charge on any atom is 0.210 e. The van der Waals surface area contributed by atoms with Gasteiger partial charge in [0, 0.05) is 11.3 Å². The first-order chi connectivity index (χ1) is 12.1. The third-order valence-corrected chi connectivity index (χ3v) is 4.85. The summed E-state index contributed by atoms with van der Waals surface area (Å²) in [6, 6.07) is 14.2. The van der Waals surface area contributed by atoms with Gasteiger partial charge in [0.25, 0.3) is 0 Å². The summed E-state index contributed by atoms with van der Waals surface area (Å²) in [5.41, 5.74) is 4.45. The fraction of sp³-hybridized carbons (Fsp3) is 0.263. The Bertz CT molecular complexity index is 838. The summed E-state index contributed by atoms with van der Waals surface area (Å²) >= 11 is 1.54. The van der Waals surface area contributed by atoms with E-state index in [9.17, 15) is 0 Å². The molecule has 5 nitrogen and oxygen atoms in total. The fourth-order valence-corrected chi connectivity index (χ4v) is 3.25. The van der Waals surface area contributed by atoms with Crippen LogP contribution in [0, 0.1) is 20.8 Å². The largest absolute Gasteiger partial charge is 0.492 e. The van der Waals surface area contributed by atoms with Crippen LogP contribution in [-0.2, 0) is 0 Å². The quantitative estimate of drug-likeness (QED) is 0.415. The Morgan fingerprint density at radius 3 is 2.36 bits per heavy atom. The summed E-state index contributed by atoms with van der Waals surface area (Å²) in [4.78, 5) is 0. The zero-order valence-corrected chi connectivity index (χ0v) is 15.5. The van der Waals surface area contributed by atoms with E-state index in [4.69, 9.17) is 10.6 Å². The smallest absolute Gasteiger partial charge is 0.210 e. The van der Waals surface area contributed by atoms with Gasteiger partial charge in [-0.25, -0.2) is 4.68 Å². The number of ether oxygens (including phenoxy) is 1. The molecule has 3 aromatic rings. The molecule has 1 aromatic heterocycles. The molecule has 0 fully saturated rings. The lowest BCUT2D eigenvalue weighted by Crippen LogP contribution is -2.12. The topological polar surface area (TPSA) is 66.0 Å². The average Bonchev–Trinajstić information content (AvgIpc) is 2.95. The second kappa shape index (κ2) is 7.61. The van der Waals surface area contributed by atoms with Crippen molar-refractivity contribution in [2.24, 2.45) is 0 Å². The summed E-state index contributed by atoms with van der Waals surface area (Å²) in [7, 11) is 0. The highest BCUT2D eigenvalue weighted by molar-refractivity contribution is 7.99. The van der Waals surface area contributed by atoms with Gasteiger partial charge in [0.2, 0.25) is 5.16 Å². The van der Waals surface area contributed by atoms with E-state index in [1.54, 1.807) is 0 Å². The number of benzene rings is 2. The van der Waals surface area contributed by atoms with Crippen molar-refractivity contribution in [3.05, 3.63) is 59.2 Å². The second-order valence-corrected chi connectivity index (χ2v) is 7.02. The number of nitrogen functional groups attached to an aromatic ring is 1. The number of aryl methyl sites for hydroxylation is 3. The van der Waals surface area contributed by atoms with Gasteiger partial charge in [0.15, 0.2) is 5.82 Å². The molecule has 2 aromatic carbocycles. The normalized spacial score (nSPS) is 10.8. The lowest BCUT2D eigenvalue weighted by Gasteiger charge is -2.11. The summed E-state index contributed by atoms with van der Waals surface area (Å²) < 4.78 is 7.45. The van der Waals surface area contributed by atoms with Crippen molar-refractivity contribution in [1.29, 1.82) is 0 Å². The Morgan fingerprint density at radius 2 is 1.68 bits per heavy atom. The van der Waals surface area contributed by atoms with Crippen molar-refractivity contribution < 1.29 is 4.74 Å². The van der Waals surface area contributed by atoms with Crippen LogP contribution in [0.4, 0.5) is 0 Å². The summed E-state index contributed by atoms with van der Waals surface area (Å²) in [5.74, 6) is 8.51. The van der Waals surface area contributed by atoms with Gasteiger partial charge in [-0.15, -0.1) is 10.2 Å². The van der Waals surface area contributed by atoms with Crippen molar-refractivity contribution in [3.63, 3.8) is 0 Å². The Hall–Kier alpha value is -2.47. The van der Waals surface area contributed by atoms with E-state index in [0.717, 1.165) is 28.2 Å². The summed E-state index contributed by atoms with van der Waals surface area (Å²) in [6.07, 6.45) is 0. The van der Waals surface area contributed by atoms with Gasteiger partial charge >= 0.3 is 0 Å². The number of thioether (sulfide) groups is 1. The zero-order valence-electron chi connectivity index (χ0n) is 14.7. The van der Waals surface area contributed by atoms with Crippen LogP contribution in [-0.4, -0.2) is 27.2 Å². The summed E-state index contributed by atoms with van der Waals surface area (Å²) in [5, 5.41) is 9.08. The molecular weight excluding hydrogens is 332 g/mol. The highest BCUT2D eigenvalue weighted by Crippen LogP contribution is 2.24.